The van der Waals surface area contributed by atoms with E-state index in [1.165, 1.54) is 0 Å². The van der Waals surface area contributed by atoms with E-state index in [1.54, 1.807) is 0 Å². The van der Waals surface area contributed by atoms with E-state index < -0.39 is 17.4 Å². The summed E-state index contributed by atoms with van der Waals surface area (Å²) in [5, 5.41) is 11.9. The number of nitrogens with one attached hydrogen (secondary N) is 1. The Bertz CT molecular complexity index is 295. The normalized spacial score (nSPS) is 14.1. The molecule has 0 radical (unpaired) electrons. The lowest BCUT2D eigenvalue weighted by atomic mass is 9.82. The molecule has 0 rings (SSSR count). The summed E-state index contributed by atoms with van der Waals surface area (Å²) in [6.45, 7) is 13.4. The Morgan fingerprint density at radius 1 is 1.00 bits per heavy atom. The number of carbonyl (C=O) groups excluding carboxylic acids is 1. The van der Waals surface area contributed by atoms with Crippen molar-refractivity contribution >= 4 is 11.9 Å². The molecule has 0 aliphatic rings. The maximum absolute atomic E-state index is 12.2. The highest BCUT2D eigenvalue weighted by molar-refractivity contribution is 5.85. The first-order chi connectivity index (χ1) is 7.98. The molecule has 1 unspecified atom stereocenters. The van der Waals surface area contributed by atoms with Crippen molar-refractivity contribution in [2.75, 3.05) is 0 Å². The van der Waals surface area contributed by atoms with Gasteiger partial charge in [0.1, 0.15) is 6.04 Å². The quantitative estimate of drug-likeness (QED) is 0.795. The number of hydrogen-bond donors (Lipinski definition) is 2. The lowest BCUT2D eigenvalue weighted by Gasteiger charge is -2.31. The Morgan fingerprint density at radius 2 is 1.39 bits per heavy atom. The first-order valence-corrected chi connectivity index (χ1v) is 6.51. The van der Waals surface area contributed by atoms with Gasteiger partial charge in [-0.25, -0.2) is 4.79 Å². The van der Waals surface area contributed by atoms with Gasteiger partial charge in [-0.1, -0.05) is 48.5 Å². The molecule has 0 saturated heterocycles. The van der Waals surface area contributed by atoms with E-state index in [0.29, 0.717) is 0 Å². The highest BCUT2D eigenvalue weighted by atomic mass is 16.4. The Labute approximate surface area is 110 Å². The average Bonchev–Trinajstić information content (AvgIpc) is 2.10. The fourth-order valence-electron chi connectivity index (χ4n) is 2.26. The van der Waals surface area contributed by atoms with Crippen LogP contribution < -0.4 is 5.32 Å². The number of hydrogen-bond acceptors (Lipinski definition) is 2. The minimum absolute atomic E-state index is 0.158. The molecular formula is C14H27NO3. The first-order valence-electron chi connectivity index (χ1n) is 6.51. The lowest BCUT2D eigenvalue weighted by Crippen LogP contribution is -2.52. The van der Waals surface area contributed by atoms with Gasteiger partial charge < -0.3 is 10.4 Å². The van der Waals surface area contributed by atoms with Crippen LogP contribution in [0.25, 0.3) is 0 Å². The Morgan fingerprint density at radius 3 is 1.61 bits per heavy atom. The zero-order chi connectivity index (χ0) is 14.7. The molecule has 4 nitrogen and oxygen atoms in total. The van der Waals surface area contributed by atoms with Crippen molar-refractivity contribution in [3.05, 3.63) is 0 Å². The molecule has 1 amide bonds. The number of amides is 1. The van der Waals surface area contributed by atoms with Gasteiger partial charge in [-0.2, -0.15) is 0 Å². The van der Waals surface area contributed by atoms with Gasteiger partial charge in [0.2, 0.25) is 5.91 Å². The van der Waals surface area contributed by atoms with Crippen molar-refractivity contribution in [1.29, 1.82) is 0 Å². The van der Waals surface area contributed by atoms with E-state index in [0.717, 1.165) is 0 Å². The Hall–Kier alpha value is -1.06. The van der Waals surface area contributed by atoms with Crippen LogP contribution in [0.5, 0.6) is 0 Å². The molecule has 0 aromatic rings. The summed E-state index contributed by atoms with van der Waals surface area (Å²) in [5.74, 6) is -0.919. The minimum atomic E-state index is -0.984. The maximum Gasteiger partial charge on any atom is 0.326 e. The topological polar surface area (TPSA) is 66.4 Å². The fourth-order valence-corrected chi connectivity index (χ4v) is 2.26. The molecule has 2 N–H and O–H groups in total. The van der Waals surface area contributed by atoms with Crippen molar-refractivity contribution in [2.24, 2.45) is 23.2 Å². The zero-order valence-electron chi connectivity index (χ0n) is 12.6. The summed E-state index contributed by atoms with van der Waals surface area (Å²) in [5.41, 5.74) is -0.500. The molecule has 0 saturated carbocycles. The molecular weight excluding hydrogens is 230 g/mol. The molecule has 0 aliphatic heterocycles. The number of rotatable bonds is 5. The largest absolute Gasteiger partial charge is 0.480 e. The number of aliphatic carboxylic acids is 1. The van der Waals surface area contributed by atoms with Gasteiger partial charge >= 0.3 is 5.97 Å². The highest BCUT2D eigenvalue weighted by Crippen LogP contribution is 2.24. The fraction of sp³-hybridized carbons (Fsp3) is 0.857. The second kappa shape index (κ2) is 6.21. The van der Waals surface area contributed by atoms with E-state index >= 15 is 0 Å². The second-order valence-corrected chi connectivity index (χ2v) is 6.66. The van der Waals surface area contributed by atoms with E-state index in [-0.39, 0.29) is 23.7 Å². The third kappa shape index (κ3) is 4.67. The van der Waals surface area contributed by atoms with Gasteiger partial charge in [0, 0.05) is 5.92 Å². The van der Waals surface area contributed by atoms with E-state index in [2.05, 4.69) is 5.32 Å². The monoisotopic (exact) mass is 257 g/mol. The zero-order valence-corrected chi connectivity index (χ0v) is 12.6. The minimum Gasteiger partial charge on any atom is -0.480 e. The van der Waals surface area contributed by atoms with Gasteiger partial charge in [0.25, 0.3) is 0 Å². The van der Waals surface area contributed by atoms with Crippen LogP contribution in [0, 0.1) is 23.2 Å². The van der Waals surface area contributed by atoms with Crippen molar-refractivity contribution < 1.29 is 14.7 Å². The summed E-state index contributed by atoms with van der Waals surface area (Å²) in [4.78, 5) is 23.4. The van der Waals surface area contributed by atoms with Gasteiger partial charge in [-0.05, 0) is 17.3 Å². The van der Waals surface area contributed by atoms with Crippen LogP contribution in [-0.2, 0) is 9.59 Å². The predicted octanol–water partition coefficient (Wildman–Crippen LogP) is 2.53. The van der Waals surface area contributed by atoms with E-state index in [4.69, 9.17) is 0 Å². The van der Waals surface area contributed by atoms with Crippen LogP contribution in [0.3, 0.4) is 0 Å². The molecule has 106 valence electrons. The smallest absolute Gasteiger partial charge is 0.326 e. The molecule has 0 heterocycles. The average molecular weight is 257 g/mol. The van der Waals surface area contributed by atoms with Gasteiger partial charge in [-0.15, -0.1) is 0 Å². The summed E-state index contributed by atoms with van der Waals surface area (Å²) in [7, 11) is 0. The molecule has 0 bridgehead atoms. The molecule has 0 fully saturated rings. The van der Waals surface area contributed by atoms with E-state index in [9.17, 15) is 14.7 Å². The highest BCUT2D eigenvalue weighted by Gasteiger charge is 2.35. The van der Waals surface area contributed by atoms with Crippen molar-refractivity contribution in [1.82, 2.24) is 5.32 Å². The Balaban J connectivity index is 4.95. The van der Waals surface area contributed by atoms with Crippen LogP contribution in [0.1, 0.15) is 48.5 Å². The summed E-state index contributed by atoms with van der Waals surface area (Å²) >= 11 is 0. The van der Waals surface area contributed by atoms with Crippen LogP contribution in [0.15, 0.2) is 0 Å². The van der Waals surface area contributed by atoms with Gasteiger partial charge in [0.15, 0.2) is 0 Å². The Kier molecular flexibility index (Phi) is 5.84. The van der Waals surface area contributed by atoms with Crippen molar-refractivity contribution in [2.45, 2.75) is 54.5 Å². The number of carboxylic acids is 1. The molecule has 0 aliphatic carbocycles. The second-order valence-electron chi connectivity index (χ2n) is 6.66. The third-order valence-electron chi connectivity index (χ3n) is 3.14. The molecule has 4 heteroatoms. The lowest BCUT2D eigenvalue weighted by molar-refractivity contribution is -0.146. The molecule has 0 aromatic heterocycles. The van der Waals surface area contributed by atoms with E-state index in [1.807, 2.05) is 48.5 Å². The maximum atomic E-state index is 12.2. The SMILES string of the molecule is CC(C)C(C(=O)NC(C(=O)O)C(C)(C)C)C(C)C. The number of carboxylic acid groups (broad SMARTS) is 1. The summed E-state index contributed by atoms with van der Waals surface area (Å²) in [6.07, 6.45) is 0. The van der Waals surface area contributed by atoms with Gasteiger partial charge in [-0.3, -0.25) is 4.79 Å². The number of carbonyl (C=O) groups is 2. The summed E-state index contributed by atoms with van der Waals surface area (Å²) in [6, 6.07) is -0.856. The van der Waals surface area contributed by atoms with Crippen LogP contribution in [0.2, 0.25) is 0 Å². The van der Waals surface area contributed by atoms with Crippen LogP contribution in [0.4, 0.5) is 0 Å². The third-order valence-corrected chi connectivity index (χ3v) is 3.14. The molecule has 1 atom stereocenters. The first kappa shape index (κ1) is 16.9. The van der Waals surface area contributed by atoms with Crippen molar-refractivity contribution in [3.63, 3.8) is 0 Å². The molecule has 0 aromatic carbocycles. The van der Waals surface area contributed by atoms with Crippen LogP contribution in [-0.4, -0.2) is 23.0 Å². The van der Waals surface area contributed by atoms with Crippen LogP contribution >= 0.6 is 0 Å². The predicted molar refractivity (Wildman–Crippen MR) is 72.2 cm³/mol. The van der Waals surface area contributed by atoms with Gasteiger partial charge in [0.05, 0.1) is 0 Å². The standard InChI is InChI=1S/C14H27NO3/c1-8(2)10(9(3)4)12(16)15-11(13(17)18)14(5,6)7/h8-11H,1-7H3,(H,15,16)(H,17,18). The summed E-state index contributed by atoms with van der Waals surface area (Å²) < 4.78 is 0. The van der Waals surface area contributed by atoms with Crippen molar-refractivity contribution in [3.8, 4) is 0 Å². The molecule has 18 heavy (non-hydrogen) atoms. The molecule has 0 spiro atoms.